The minimum Gasteiger partial charge on any atom is -0.462 e. The van der Waals surface area contributed by atoms with Crippen LogP contribution < -0.4 is 4.90 Å². The molecule has 2 heterocycles. The van der Waals surface area contributed by atoms with Crippen molar-refractivity contribution in [2.75, 3.05) is 18.0 Å². The van der Waals surface area contributed by atoms with Crippen molar-refractivity contribution in [3.63, 3.8) is 0 Å². The van der Waals surface area contributed by atoms with Crippen LogP contribution in [0.3, 0.4) is 0 Å². The molecule has 1 aromatic rings. The summed E-state index contributed by atoms with van der Waals surface area (Å²) in [4.78, 5) is 18.3. The summed E-state index contributed by atoms with van der Waals surface area (Å²) in [6.07, 6.45) is 4.47. The zero-order valence-electron chi connectivity index (χ0n) is 11.6. The van der Waals surface area contributed by atoms with Gasteiger partial charge in [0.1, 0.15) is 11.9 Å². The molecule has 0 aromatic carbocycles. The van der Waals surface area contributed by atoms with Gasteiger partial charge in [-0.25, -0.2) is 4.98 Å². The molecule has 0 N–H and O–H groups in total. The average Bonchev–Trinajstić information content (AvgIpc) is 3.18. The number of halogens is 1. The highest BCUT2D eigenvalue weighted by Crippen LogP contribution is 2.39. The monoisotopic (exact) mass is 294 g/mol. The van der Waals surface area contributed by atoms with Gasteiger partial charge in [0, 0.05) is 32.1 Å². The molecule has 0 unspecified atom stereocenters. The van der Waals surface area contributed by atoms with E-state index in [-0.39, 0.29) is 18.0 Å². The number of ether oxygens (including phenoxy) is 1. The number of pyridine rings is 1. The Morgan fingerprint density at radius 3 is 2.65 bits per heavy atom. The fraction of sp³-hybridized carbons (Fsp3) is 0.600. The summed E-state index contributed by atoms with van der Waals surface area (Å²) < 4.78 is 5.58. The van der Waals surface area contributed by atoms with E-state index in [4.69, 9.17) is 16.3 Å². The summed E-state index contributed by atoms with van der Waals surface area (Å²) in [6, 6.07) is 3.78. The molecule has 0 spiro atoms. The summed E-state index contributed by atoms with van der Waals surface area (Å²) >= 11 is 5.84. The lowest BCUT2D eigenvalue weighted by molar-refractivity contribution is -0.151. The van der Waals surface area contributed by atoms with Gasteiger partial charge in [-0.2, -0.15) is 0 Å². The van der Waals surface area contributed by atoms with Crippen LogP contribution in [0, 0.1) is 11.8 Å². The van der Waals surface area contributed by atoms with Gasteiger partial charge in [-0.3, -0.25) is 4.79 Å². The molecule has 1 aliphatic carbocycles. The summed E-state index contributed by atoms with van der Waals surface area (Å²) in [5.74, 6) is 1.61. The SMILES string of the molecule is C[C@H]1C[C@H]1C(=O)OC1CCN(c2ccc(Cl)cn2)CC1. The van der Waals surface area contributed by atoms with Crippen molar-refractivity contribution in [1.29, 1.82) is 0 Å². The maximum atomic E-state index is 11.8. The third-order valence-electron chi connectivity index (χ3n) is 4.17. The molecule has 1 saturated heterocycles. The second-order valence-electron chi connectivity index (χ2n) is 5.78. The first-order valence-electron chi connectivity index (χ1n) is 7.20. The number of aromatic nitrogens is 1. The summed E-state index contributed by atoms with van der Waals surface area (Å²) in [6.45, 7) is 3.83. The fourth-order valence-corrected chi connectivity index (χ4v) is 2.77. The predicted octanol–water partition coefficient (Wildman–Crippen LogP) is 2.90. The lowest BCUT2D eigenvalue weighted by Crippen LogP contribution is -2.38. The van der Waals surface area contributed by atoms with Crippen LogP contribution in [0.25, 0.3) is 0 Å². The van der Waals surface area contributed by atoms with Gasteiger partial charge in [-0.1, -0.05) is 18.5 Å². The highest BCUT2D eigenvalue weighted by molar-refractivity contribution is 6.30. The second kappa shape index (κ2) is 5.60. The molecular formula is C15H19ClN2O2. The molecule has 4 nitrogen and oxygen atoms in total. The molecule has 3 rings (SSSR count). The van der Waals surface area contributed by atoms with Crippen LogP contribution in [0.5, 0.6) is 0 Å². The van der Waals surface area contributed by atoms with Crippen molar-refractivity contribution >= 4 is 23.4 Å². The Balaban J connectivity index is 1.49. The first-order valence-corrected chi connectivity index (χ1v) is 7.58. The summed E-state index contributed by atoms with van der Waals surface area (Å²) in [5.41, 5.74) is 0. The molecular weight excluding hydrogens is 276 g/mol. The molecule has 2 fully saturated rings. The molecule has 5 heteroatoms. The lowest BCUT2D eigenvalue weighted by atomic mass is 10.1. The Kier molecular flexibility index (Phi) is 3.83. The summed E-state index contributed by atoms with van der Waals surface area (Å²) in [7, 11) is 0. The van der Waals surface area contributed by atoms with Crippen LogP contribution in [-0.2, 0) is 9.53 Å². The van der Waals surface area contributed by atoms with E-state index in [0.29, 0.717) is 10.9 Å². The van der Waals surface area contributed by atoms with Gasteiger partial charge in [0.05, 0.1) is 10.9 Å². The van der Waals surface area contributed by atoms with E-state index in [1.54, 1.807) is 6.20 Å². The van der Waals surface area contributed by atoms with Crippen LogP contribution >= 0.6 is 11.6 Å². The quantitative estimate of drug-likeness (QED) is 0.804. The van der Waals surface area contributed by atoms with Gasteiger partial charge in [0.25, 0.3) is 0 Å². The third kappa shape index (κ3) is 3.06. The summed E-state index contributed by atoms with van der Waals surface area (Å²) in [5, 5.41) is 0.649. The molecule has 108 valence electrons. The first kappa shape index (κ1) is 13.7. The Labute approximate surface area is 124 Å². The van der Waals surface area contributed by atoms with Gasteiger partial charge < -0.3 is 9.64 Å². The van der Waals surface area contributed by atoms with Gasteiger partial charge in [-0.15, -0.1) is 0 Å². The highest BCUT2D eigenvalue weighted by Gasteiger charge is 2.41. The normalized spacial score (nSPS) is 26.4. The van der Waals surface area contributed by atoms with Gasteiger partial charge in [0.2, 0.25) is 0 Å². The number of esters is 1. The van der Waals surface area contributed by atoms with E-state index in [1.165, 1.54) is 0 Å². The van der Waals surface area contributed by atoms with Crippen molar-refractivity contribution in [2.24, 2.45) is 11.8 Å². The van der Waals surface area contributed by atoms with E-state index in [9.17, 15) is 4.79 Å². The topological polar surface area (TPSA) is 42.4 Å². The molecule has 1 aromatic heterocycles. The molecule has 0 radical (unpaired) electrons. The zero-order valence-corrected chi connectivity index (χ0v) is 12.3. The van der Waals surface area contributed by atoms with Gasteiger partial charge in [0.15, 0.2) is 0 Å². The van der Waals surface area contributed by atoms with Crippen LogP contribution in [0.15, 0.2) is 18.3 Å². The maximum Gasteiger partial charge on any atom is 0.309 e. The molecule has 2 aliphatic rings. The van der Waals surface area contributed by atoms with Crippen molar-refractivity contribution in [3.05, 3.63) is 23.4 Å². The number of piperidine rings is 1. The first-order chi connectivity index (χ1) is 9.63. The lowest BCUT2D eigenvalue weighted by Gasteiger charge is -2.32. The van der Waals surface area contributed by atoms with Crippen LogP contribution in [0.4, 0.5) is 5.82 Å². The predicted molar refractivity (Wildman–Crippen MR) is 77.8 cm³/mol. The van der Waals surface area contributed by atoms with Crippen LogP contribution in [-0.4, -0.2) is 30.1 Å². The Hall–Kier alpha value is -1.29. The molecule has 0 bridgehead atoms. The van der Waals surface area contributed by atoms with Gasteiger partial charge in [-0.05, 0) is 24.5 Å². The number of nitrogens with zero attached hydrogens (tertiary/aromatic N) is 2. The number of anilines is 1. The molecule has 2 atom stereocenters. The van der Waals surface area contributed by atoms with E-state index < -0.39 is 0 Å². The number of hydrogen-bond donors (Lipinski definition) is 0. The number of hydrogen-bond acceptors (Lipinski definition) is 4. The molecule has 1 aliphatic heterocycles. The van der Waals surface area contributed by atoms with Crippen molar-refractivity contribution in [3.8, 4) is 0 Å². The maximum absolute atomic E-state index is 11.8. The van der Waals surface area contributed by atoms with Gasteiger partial charge >= 0.3 is 5.97 Å². The Morgan fingerprint density at radius 2 is 2.10 bits per heavy atom. The van der Waals surface area contributed by atoms with E-state index in [2.05, 4.69) is 16.8 Å². The van der Waals surface area contributed by atoms with Crippen LogP contribution in [0.2, 0.25) is 5.02 Å². The minimum absolute atomic E-state index is 0.000526. The standard InChI is InChI=1S/C15H19ClN2O2/c1-10-8-13(10)15(19)20-12-4-6-18(7-5-12)14-3-2-11(16)9-17-14/h2-3,9-10,12-13H,4-8H2,1H3/t10-,13+/m0/s1. The third-order valence-corrected chi connectivity index (χ3v) is 4.40. The smallest absolute Gasteiger partial charge is 0.309 e. The molecule has 1 saturated carbocycles. The molecule has 20 heavy (non-hydrogen) atoms. The highest BCUT2D eigenvalue weighted by atomic mass is 35.5. The number of carbonyl (C=O) groups is 1. The average molecular weight is 295 g/mol. The van der Waals surface area contributed by atoms with E-state index >= 15 is 0 Å². The van der Waals surface area contributed by atoms with Crippen LogP contribution in [0.1, 0.15) is 26.2 Å². The van der Waals surface area contributed by atoms with E-state index in [0.717, 1.165) is 38.2 Å². The van der Waals surface area contributed by atoms with Crippen molar-refractivity contribution in [2.45, 2.75) is 32.3 Å². The number of carbonyl (C=O) groups excluding carboxylic acids is 1. The van der Waals surface area contributed by atoms with E-state index in [1.807, 2.05) is 12.1 Å². The molecule has 0 amide bonds. The second-order valence-corrected chi connectivity index (χ2v) is 6.21. The number of rotatable bonds is 3. The fourth-order valence-electron chi connectivity index (χ4n) is 2.66. The largest absolute Gasteiger partial charge is 0.462 e. The Bertz CT molecular complexity index is 483. The Morgan fingerprint density at radius 1 is 1.40 bits per heavy atom. The minimum atomic E-state index is 0.000526. The van der Waals surface area contributed by atoms with Crippen molar-refractivity contribution in [1.82, 2.24) is 4.98 Å². The van der Waals surface area contributed by atoms with Crippen molar-refractivity contribution < 1.29 is 9.53 Å². The zero-order chi connectivity index (χ0) is 14.1.